The molecule has 3 aliphatic rings. The van der Waals surface area contributed by atoms with Crippen molar-refractivity contribution in [3.63, 3.8) is 0 Å². The highest BCUT2D eigenvalue weighted by Gasteiger charge is 2.39. The Bertz CT molecular complexity index is 863. The second kappa shape index (κ2) is 6.56. The Labute approximate surface area is 153 Å². The summed E-state index contributed by atoms with van der Waals surface area (Å²) in [4.78, 5) is 0. The smallest absolute Gasteiger partial charge is 0.209 e. The molecule has 0 N–H and O–H groups in total. The normalized spacial score (nSPS) is 23.2. The molecule has 2 heterocycles. The van der Waals surface area contributed by atoms with Gasteiger partial charge in [-0.1, -0.05) is 6.08 Å². The Kier molecular flexibility index (Phi) is 4.23. The molecule has 1 aliphatic carbocycles. The second-order valence-electron chi connectivity index (χ2n) is 6.61. The fourth-order valence-corrected chi connectivity index (χ4v) is 4.07. The number of hydrogen-bond donors (Lipinski definition) is 0. The van der Waals surface area contributed by atoms with Gasteiger partial charge in [0.2, 0.25) is 5.70 Å². The maximum absolute atomic E-state index is 5.66. The van der Waals surface area contributed by atoms with Crippen molar-refractivity contribution >= 4 is 11.9 Å². The number of nitrogens with zero attached hydrogens (tertiary/aromatic N) is 1. The zero-order chi connectivity index (χ0) is 18.3. The molecule has 0 saturated heterocycles. The van der Waals surface area contributed by atoms with Gasteiger partial charge in [-0.3, -0.25) is 0 Å². The number of allylic oxidation sites excluding steroid dienone is 4. The van der Waals surface area contributed by atoms with Gasteiger partial charge < -0.3 is 18.9 Å². The van der Waals surface area contributed by atoms with Crippen LogP contribution in [0, 0.1) is 11.8 Å². The highest BCUT2D eigenvalue weighted by Crippen LogP contribution is 2.41. The molecule has 0 aromatic heterocycles. The number of benzene rings is 1. The van der Waals surface area contributed by atoms with E-state index < -0.39 is 0 Å². The fourth-order valence-electron chi connectivity index (χ4n) is 4.07. The Morgan fingerprint density at radius 2 is 1.73 bits per heavy atom. The minimum atomic E-state index is 0.158. The zero-order valence-corrected chi connectivity index (χ0v) is 15.6. The van der Waals surface area contributed by atoms with Crippen molar-refractivity contribution in [2.45, 2.75) is 6.42 Å². The van der Waals surface area contributed by atoms with Crippen molar-refractivity contribution < 1.29 is 23.5 Å². The lowest BCUT2D eigenvalue weighted by Gasteiger charge is -2.30. The first kappa shape index (κ1) is 16.8. The summed E-state index contributed by atoms with van der Waals surface area (Å²) < 4.78 is 24.4. The van der Waals surface area contributed by atoms with E-state index in [1.54, 1.807) is 28.4 Å². The van der Waals surface area contributed by atoms with Gasteiger partial charge in [0.15, 0.2) is 35.8 Å². The van der Waals surface area contributed by atoms with Crippen LogP contribution in [-0.4, -0.2) is 45.8 Å². The van der Waals surface area contributed by atoms with Gasteiger partial charge in [0, 0.05) is 12.3 Å². The third-order valence-corrected chi connectivity index (χ3v) is 5.38. The quantitative estimate of drug-likeness (QED) is 0.780. The molecule has 0 fully saturated rings. The summed E-state index contributed by atoms with van der Waals surface area (Å²) in [5.41, 5.74) is 3.71. The summed E-state index contributed by atoms with van der Waals surface area (Å²) in [6, 6.07) is 4.18. The molecule has 2 atom stereocenters. The number of fused-ring (bicyclic) bond motifs is 4. The Hall–Kier alpha value is -2.69. The van der Waals surface area contributed by atoms with Crippen molar-refractivity contribution in [1.82, 2.24) is 0 Å². The number of methoxy groups -OCH3 is 4. The van der Waals surface area contributed by atoms with E-state index in [0.29, 0.717) is 0 Å². The van der Waals surface area contributed by atoms with Crippen LogP contribution in [0.3, 0.4) is 0 Å². The minimum Gasteiger partial charge on any atom is -0.496 e. The average molecular weight is 354 g/mol. The number of hydrogen-bond acceptors (Lipinski definition) is 4. The summed E-state index contributed by atoms with van der Waals surface area (Å²) in [6.07, 6.45) is 9.72. The van der Waals surface area contributed by atoms with Gasteiger partial charge in [-0.2, -0.15) is 0 Å². The van der Waals surface area contributed by atoms with Crippen molar-refractivity contribution in [3.05, 3.63) is 53.0 Å². The molecular formula is C21H24NO4+. The van der Waals surface area contributed by atoms with E-state index in [1.165, 1.54) is 16.8 Å². The van der Waals surface area contributed by atoms with Crippen LogP contribution in [0.2, 0.25) is 0 Å². The van der Waals surface area contributed by atoms with E-state index in [-0.39, 0.29) is 11.8 Å². The van der Waals surface area contributed by atoms with Crippen molar-refractivity contribution in [2.75, 3.05) is 35.0 Å². The van der Waals surface area contributed by atoms with Crippen molar-refractivity contribution in [3.8, 4) is 11.5 Å². The standard InChI is InChI=1S/C21H24NO4/c1-23-18-6-5-13-9-17-15-11-20(25-3)19(24-2)10-14(15)7-8-22(17)12-16(13)21(18)26-4/h5-6,9-13,16H,7-8H2,1-4H3/q+1/t13-,16-/m0/s1. The second-order valence-corrected chi connectivity index (χ2v) is 6.61. The number of ether oxygens (including phenoxy) is 4. The average Bonchev–Trinajstić information content (AvgIpc) is 2.70. The molecule has 1 aromatic rings. The van der Waals surface area contributed by atoms with E-state index in [4.69, 9.17) is 18.9 Å². The van der Waals surface area contributed by atoms with E-state index in [1.807, 2.05) is 6.08 Å². The summed E-state index contributed by atoms with van der Waals surface area (Å²) in [5, 5.41) is 0. The topological polar surface area (TPSA) is 39.9 Å². The maximum atomic E-state index is 5.66. The molecule has 5 heteroatoms. The van der Waals surface area contributed by atoms with Crippen molar-refractivity contribution in [1.29, 1.82) is 0 Å². The van der Waals surface area contributed by atoms with Gasteiger partial charge >= 0.3 is 0 Å². The third-order valence-electron chi connectivity index (χ3n) is 5.38. The minimum absolute atomic E-state index is 0.158. The molecule has 0 saturated carbocycles. The first-order chi connectivity index (χ1) is 12.7. The lowest BCUT2D eigenvalue weighted by atomic mass is 9.82. The maximum Gasteiger partial charge on any atom is 0.209 e. The predicted octanol–water partition coefficient (Wildman–Crippen LogP) is 3.00. The first-order valence-electron chi connectivity index (χ1n) is 8.79. The highest BCUT2D eigenvalue weighted by molar-refractivity contribution is 5.76. The van der Waals surface area contributed by atoms with Crippen LogP contribution >= 0.6 is 0 Å². The van der Waals surface area contributed by atoms with Gasteiger partial charge in [-0.25, -0.2) is 4.58 Å². The predicted molar refractivity (Wildman–Crippen MR) is 99.6 cm³/mol. The van der Waals surface area contributed by atoms with E-state index in [0.717, 1.165) is 36.0 Å². The van der Waals surface area contributed by atoms with Gasteiger partial charge in [-0.05, 0) is 29.8 Å². The van der Waals surface area contributed by atoms with Gasteiger partial charge in [0.1, 0.15) is 5.92 Å². The van der Waals surface area contributed by atoms with Gasteiger partial charge in [0.25, 0.3) is 0 Å². The van der Waals surface area contributed by atoms with E-state index in [2.05, 4.69) is 35.1 Å². The molecule has 26 heavy (non-hydrogen) atoms. The Morgan fingerprint density at radius 3 is 2.42 bits per heavy atom. The fraction of sp³-hybridized carbons (Fsp3) is 0.381. The Balaban J connectivity index is 1.79. The van der Waals surface area contributed by atoms with Gasteiger partial charge in [0.05, 0.1) is 34.0 Å². The van der Waals surface area contributed by atoms with Crippen LogP contribution < -0.4 is 9.47 Å². The van der Waals surface area contributed by atoms with Crippen molar-refractivity contribution in [2.24, 2.45) is 11.8 Å². The molecular weight excluding hydrogens is 330 g/mol. The molecule has 0 spiro atoms. The zero-order valence-electron chi connectivity index (χ0n) is 15.6. The van der Waals surface area contributed by atoms with Crippen LogP contribution in [0.25, 0.3) is 5.70 Å². The molecule has 136 valence electrons. The molecule has 0 amide bonds. The summed E-state index contributed by atoms with van der Waals surface area (Å²) >= 11 is 0. The van der Waals surface area contributed by atoms with E-state index >= 15 is 0 Å². The Morgan fingerprint density at radius 1 is 0.962 bits per heavy atom. The molecule has 1 aromatic carbocycles. The molecule has 0 bridgehead atoms. The lowest BCUT2D eigenvalue weighted by Crippen LogP contribution is -2.33. The molecule has 5 nitrogen and oxygen atoms in total. The monoisotopic (exact) mass is 354 g/mol. The molecule has 2 aliphatic heterocycles. The lowest BCUT2D eigenvalue weighted by molar-refractivity contribution is -0.434. The molecule has 4 rings (SSSR count). The number of rotatable bonds is 4. The molecule has 0 unspecified atom stereocenters. The van der Waals surface area contributed by atoms with Gasteiger partial charge in [-0.15, -0.1) is 0 Å². The largest absolute Gasteiger partial charge is 0.496 e. The summed E-state index contributed by atoms with van der Waals surface area (Å²) in [5.74, 6) is 3.62. The van der Waals surface area contributed by atoms with Crippen LogP contribution in [0.5, 0.6) is 11.5 Å². The van der Waals surface area contributed by atoms with Crippen LogP contribution in [0.15, 0.2) is 41.9 Å². The molecule has 0 radical (unpaired) electrons. The first-order valence-corrected chi connectivity index (χ1v) is 8.79. The summed E-state index contributed by atoms with van der Waals surface area (Å²) in [7, 11) is 6.74. The highest BCUT2D eigenvalue weighted by atomic mass is 16.5. The van der Waals surface area contributed by atoms with Crippen LogP contribution in [0.4, 0.5) is 0 Å². The SMILES string of the molecule is COC1=C(OC)[C@H]2C=[N+]3CCc4cc(OC)c(OC)cc4C3=C[C@@H]2C=C1. The third kappa shape index (κ3) is 2.50. The van der Waals surface area contributed by atoms with E-state index in [9.17, 15) is 0 Å². The summed E-state index contributed by atoms with van der Waals surface area (Å²) in [6.45, 7) is 0.931. The van der Waals surface area contributed by atoms with Crippen LogP contribution in [-0.2, 0) is 15.9 Å². The van der Waals surface area contributed by atoms with Crippen LogP contribution in [0.1, 0.15) is 11.1 Å².